The first-order valence-electron chi connectivity index (χ1n) is 12.5. The molecule has 0 aliphatic carbocycles. The van der Waals surface area contributed by atoms with E-state index >= 15 is 0 Å². The summed E-state index contributed by atoms with van der Waals surface area (Å²) >= 11 is 6.41. The van der Waals surface area contributed by atoms with Crippen LogP contribution in [0.4, 0.5) is 0 Å². The lowest BCUT2D eigenvalue weighted by molar-refractivity contribution is 0.0729. The van der Waals surface area contributed by atoms with Crippen LogP contribution in [0.5, 0.6) is 11.5 Å². The predicted molar refractivity (Wildman–Crippen MR) is 143 cm³/mol. The van der Waals surface area contributed by atoms with Crippen molar-refractivity contribution in [1.82, 2.24) is 20.1 Å². The maximum absolute atomic E-state index is 13.7. The number of nitrogens with one attached hydrogen (secondary N) is 1. The number of phenolic OH excluding ortho intramolecular Hbond substituents is 1. The number of unbranched alkanes of at least 4 members (excludes halogenated alkanes) is 2. The highest BCUT2D eigenvalue weighted by Gasteiger charge is 2.42. The van der Waals surface area contributed by atoms with Crippen molar-refractivity contribution >= 4 is 17.5 Å². The molecule has 0 saturated heterocycles. The van der Waals surface area contributed by atoms with Gasteiger partial charge in [0, 0.05) is 35.1 Å². The van der Waals surface area contributed by atoms with Gasteiger partial charge < -0.3 is 14.7 Å². The van der Waals surface area contributed by atoms with Crippen LogP contribution in [0.3, 0.4) is 0 Å². The standard InChI is InChI=1S/C29H29ClN4O3/c1-3-4-5-12-37-21-10-6-9-20(14-21)28-25-26(22-15-23(30)18(2)13-24(22)35)32-33-27(25)29(36)34(28)17-19-8-7-11-31-16-19/h6-11,13-16,28,35H,3-5,12,17H2,1-2H3,(H,32,33). The molecule has 1 atom stereocenters. The number of aromatic amines is 1. The minimum atomic E-state index is -0.449. The number of aryl methyl sites for hydroxylation is 1. The van der Waals surface area contributed by atoms with E-state index in [1.807, 2.05) is 43.3 Å². The van der Waals surface area contributed by atoms with Crippen molar-refractivity contribution in [2.45, 2.75) is 45.7 Å². The van der Waals surface area contributed by atoms with Crippen molar-refractivity contribution < 1.29 is 14.6 Å². The summed E-state index contributed by atoms with van der Waals surface area (Å²) in [7, 11) is 0. The predicted octanol–water partition coefficient (Wildman–Crippen LogP) is 6.45. The van der Waals surface area contributed by atoms with Crippen molar-refractivity contribution in [1.29, 1.82) is 0 Å². The first kappa shape index (κ1) is 24.8. The zero-order valence-electron chi connectivity index (χ0n) is 20.9. The number of pyridine rings is 1. The van der Waals surface area contributed by atoms with E-state index in [4.69, 9.17) is 16.3 Å². The third kappa shape index (κ3) is 4.91. The van der Waals surface area contributed by atoms with Crippen LogP contribution in [0.1, 0.15) is 65.0 Å². The van der Waals surface area contributed by atoms with Crippen LogP contribution in [-0.4, -0.2) is 37.7 Å². The van der Waals surface area contributed by atoms with Gasteiger partial charge in [-0.05, 0) is 60.4 Å². The van der Waals surface area contributed by atoms with Gasteiger partial charge in [-0.1, -0.05) is 49.6 Å². The molecule has 2 N–H and O–H groups in total. The molecule has 5 rings (SSSR count). The maximum Gasteiger partial charge on any atom is 0.273 e. The molecule has 4 aromatic rings. The van der Waals surface area contributed by atoms with Crippen LogP contribution in [0.15, 0.2) is 60.9 Å². The van der Waals surface area contributed by atoms with Gasteiger partial charge in [0.2, 0.25) is 0 Å². The first-order valence-corrected chi connectivity index (χ1v) is 12.9. The molecule has 2 aromatic carbocycles. The molecule has 0 saturated carbocycles. The number of amides is 1. The Morgan fingerprint density at radius 2 is 2.03 bits per heavy atom. The third-order valence-electron chi connectivity index (χ3n) is 6.66. The number of hydrogen-bond acceptors (Lipinski definition) is 5. The number of fused-ring (bicyclic) bond motifs is 1. The van der Waals surface area contributed by atoms with Gasteiger partial charge in [0.1, 0.15) is 22.9 Å². The van der Waals surface area contributed by atoms with E-state index in [-0.39, 0.29) is 11.7 Å². The Balaban J connectivity index is 1.59. The number of H-pyrrole nitrogens is 1. The lowest BCUT2D eigenvalue weighted by Crippen LogP contribution is -2.29. The van der Waals surface area contributed by atoms with Gasteiger partial charge in [0.25, 0.3) is 5.91 Å². The summed E-state index contributed by atoms with van der Waals surface area (Å²) in [6.07, 6.45) is 6.69. The number of benzene rings is 2. The van der Waals surface area contributed by atoms with Gasteiger partial charge in [-0.25, -0.2) is 0 Å². The highest BCUT2D eigenvalue weighted by molar-refractivity contribution is 6.31. The fourth-order valence-electron chi connectivity index (χ4n) is 4.77. The molecule has 190 valence electrons. The summed E-state index contributed by atoms with van der Waals surface area (Å²) < 4.78 is 6.03. The van der Waals surface area contributed by atoms with Crippen LogP contribution in [-0.2, 0) is 6.54 Å². The summed E-state index contributed by atoms with van der Waals surface area (Å²) in [4.78, 5) is 19.7. The van der Waals surface area contributed by atoms with Crippen molar-refractivity contribution in [2.24, 2.45) is 0 Å². The Morgan fingerprint density at radius 1 is 1.16 bits per heavy atom. The van der Waals surface area contributed by atoms with E-state index < -0.39 is 6.04 Å². The fourth-order valence-corrected chi connectivity index (χ4v) is 4.94. The summed E-state index contributed by atoms with van der Waals surface area (Å²) in [5.41, 5.74) is 4.63. The Kier molecular flexibility index (Phi) is 7.15. The number of rotatable bonds is 9. The minimum Gasteiger partial charge on any atom is -0.507 e. The Hall–Kier alpha value is -3.84. The molecule has 7 nitrogen and oxygen atoms in total. The molecule has 0 spiro atoms. The second-order valence-electron chi connectivity index (χ2n) is 9.30. The van der Waals surface area contributed by atoms with E-state index in [1.165, 1.54) is 0 Å². The van der Waals surface area contributed by atoms with Gasteiger partial charge in [0.05, 0.1) is 12.6 Å². The largest absolute Gasteiger partial charge is 0.507 e. The average Bonchev–Trinajstić information content (AvgIpc) is 3.44. The van der Waals surface area contributed by atoms with E-state index in [2.05, 4.69) is 22.1 Å². The van der Waals surface area contributed by atoms with Gasteiger partial charge >= 0.3 is 0 Å². The molecule has 1 aliphatic rings. The van der Waals surface area contributed by atoms with Gasteiger partial charge in [0.15, 0.2) is 0 Å². The number of aromatic nitrogens is 3. The van der Waals surface area contributed by atoms with Crippen LogP contribution < -0.4 is 4.74 Å². The Labute approximate surface area is 221 Å². The Morgan fingerprint density at radius 3 is 2.81 bits per heavy atom. The van der Waals surface area contributed by atoms with Crippen LogP contribution >= 0.6 is 11.6 Å². The molecule has 3 heterocycles. The second kappa shape index (κ2) is 10.6. The molecule has 1 unspecified atom stereocenters. The Bertz CT molecular complexity index is 1420. The zero-order valence-corrected chi connectivity index (χ0v) is 21.6. The van der Waals surface area contributed by atoms with Crippen molar-refractivity contribution in [3.63, 3.8) is 0 Å². The molecule has 0 radical (unpaired) electrons. The highest BCUT2D eigenvalue weighted by atomic mass is 35.5. The van der Waals surface area contributed by atoms with Crippen molar-refractivity contribution in [3.05, 3.63) is 93.9 Å². The molecule has 0 fully saturated rings. The smallest absolute Gasteiger partial charge is 0.273 e. The lowest BCUT2D eigenvalue weighted by atomic mass is 9.95. The quantitative estimate of drug-likeness (QED) is 0.249. The first-order chi connectivity index (χ1) is 18.0. The second-order valence-corrected chi connectivity index (χ2v) is 9.71. The number of nitrogens with zero attached hydrogens (tertiary/aromatic N) is 3. The van der Waals surface area contributed by atoms with Crippen LogP contribution in [0.25, 0.3) is 11.3 Å². The molecule has 0 bridgehead atoms. The third-order valence-corrected chi connectivity index (χ3v) is 7.07. The SMILES string of the molecule is CCCCCOc1cccc(C2c3c(-c4cc(Cl)c(C)cc4O)n[nH]c3C(=O)N2Cc2cccnc2)c1. The molecule has 1 aliphatic heterocycles. The lowest BCUT2D eigenvalue weighted by Gasteiger charge is -2.27. The van der Waals surface area contributed by atoms with E-state index in [0.717, 1.165) is 41.7 Å². The van der Waals surface area contributed by atoms with E-state index in [9.17, 15) is 9.90 Å². The number of carbonyl (C=O) groups is 1. The topological polar surface area (TPSA) is 91.3 Å². The number of aromatic hydroxyl groups is 1. The summed E-state index contributed by atoms with van der Waals surface area (Å²) in [5, 5.41) is 18.7. The minimum absolute atomic E-state index is 0.0566. The van der Waals surface area contributed by atoms with Gasteiger partial charge in [-0.3, -0.25) is 14.9 Å². The van der Waals surface area contributed by atoms with Crippen LogP contribution in [0, 0.1) is 6.92 Å². The van der Waals surface area contributed by atoms with Gasteiger partial charge in [-0.15, -0.1) is 0 Å². The fraction of sp³-hybridized carbons (Fsp3) is 0.276. The van der Waals surface area contributed by atoms with Crippen molar-refractivity contribution in [2.75, 3.05) is 6.61 Å². The van der Waals surface area contributed by atoms with E-state index in [0.29, 0.717) is 40.7 Å². The average molecular weight is 517 g/mol. The maximum atomic E-state index is 13.7. The monoisotopic (exact) mass is 516 g/mol. The molecular formula is C29H29ClN4O3. The zero-order chi connectivity index (χ0) is 25.9. The number of halogens is 1. The molecule has 8 heteroatoms. The number of hydrogen-bond donors (Lipinski definition) is 2. The van der Waals surface area contributed by atoms with Crippen molar-refractivity contribution in [3.8, 4) is 22.8 Å². The van der Waals surface area contributed by atoms with Gasteiger partial charge in [-0.2, -0.15) is 5.10 Å². The highest BCUT2D eigenvalue weighted by Crippen LogP contribution is 2.46. The molecule has 2 aromatic heterocycles. The molecular weight excluding hydrogens is 488 g/mol. The normalized spacial score (nSPS) is 14.7. The summed E-state index contributed by atoms with van der Waals surface area (Å²) in [6, 6.07) is 14.5. The summed E-state index contributed by atoms with van der Waals surface area (Å²) in [5.74, 6) is 0.637. The summed E-state index contributed by atoms with van der Waals surface area (Å²) in [6.45, 7) is 4.99. The van der Waals surface area contributed by atoms with Crippen LogP contribution in [0.2, 0.25) is 5.02 Å². The molecule has 37 heavy (non-hydrogen) atoms. The number of ether oxygens (including phenoxy) is 1. The number of carbonyl (C=O) groups excluding carboxylic acids is 1. The molecule has 1 amide bonds. The van der Waals surface area contributed by atoms with E-state index in [1.54, 1.807) is 29.4 Å². The number of phenols is 1.